The van der Waals surface area contributed by atoms with Crippen LogP contribution in [0.15, 0.2) is 243 Å². The minimum absolute atomic E-state index is 0.0280. The lowest BCUT2D eigenvalue weighted by Gasteiger charge is -2.52. The van der Waals surface area contributed by atoms with E-state index in [0.717, 1.165) is 0 Å². The third-order valence-electron chi connectivity index (χ3n) is 15.4. The van der Waals surface area contributed by atoms with Crippen LogP contribution < -0.4 is 0 Å². The van der Waals surface area contributed by atoms with E-state index in [4.69, 9.17) is 80.0 Å². The van der Waals surface area contributed by atoms with Gasteiger partial charge in [-0.3, -0.25) is 0 Å². The number of benzene rings is 8. The number of carbonyl (C=O) groups excluding carboxylic acids is 8. The van der Waals surface area contributed by atoms with Crippen LogP contribution in [-0.4, -0.2) is 139 Å². The molecule has 20 nitrogen and oxygen atoms in total. The molecule has 2 aliphatic heterocycles. The van der Waals surface area contributed by atoms with Crippen molar-refractivity contribution in [2.45, 2.75) is 84.4 Å². The summed E-state index contributed by atoms with van der Waals surface area (Å²) in [5.74, 6) is -7.42. The maximum Gasteiger partial charge on any atom is 0.338 e. The van der Waals surface area contributed by atoms with Crippen LogP contribution in [-0.2, 0) is 56.8 Å². The van der Waals surface area contributed by atoms with Crippen molar-refractivity contribution in [3.8, 4) is 0 Å². The van der Waals surface area contributed by atoms with E-state index >= 15 is 0 Å². The van der Waals surface area contributed by atoms with Crippen LogP contribution in [0.1, 0.15) is 89.3 Å². The summed E-state index contributed by atoms with van der Waals surface area (Å²) in [6.07, 6.45) is -20.9. The average Bonchev–Trinajstić information content (AvgIpc) is 0.749. The van der Waals surface area contributed by atoms with Crippen LogP contribution in [0.2, 0.25) is 0 Å². The molecular weight excluding hydrogens is 1260 g/mol. The van der Waals surface area contributed by atoms with E-state index in [-0.39, 0.29) is 50.9 Å². The molecule has 0 N–H and O–H groups in total. The molecule has 1 aliphatic carbocycles. The maximum absolute atomic E-state index is 14.4. The first kappa shape index (κ1) is 65.4. The van der Waals surface area contributed by atoms with E-state index in [0.29, 0.717) is 0 Å². The quantitative estimate of drug-likeness (QED) is 0.0347. The van der Waals surface area contributed by atoms with Gasteiger partial charge >= 0.3 is 47.8 Å². The van der Waals surface area contributed by atoms with Crippen molar-refractivity contribution in [2.75, 3.05) is 13.2 Å². The minimum Gasteiger partial charge on any atom is -0.459 e. The number of esters is 8. The van der Waals surface area contributed by atoms with Crippen LogP contribution in [0.5, 0.6) is 0 Å². The van der Waals surface area contributed by atoms with Gasteiger partial charge in [0.05, 0.1) is 56.7 Å². The Balaban J connectivity index is 0.953. The lowest BCUT2D eigenvalue weighted by molar-refractivity contribution is -0.340. The second-order valence-electron chi connectivity index (χ2n) is 21.6. The summed E-state index contributed by atoms with van der Waals surface area (Å²) in [6, 6.07) is 62.5. The summed E-state index contributed by atoms with van der Waals surface area (Å²) in [5.41, 5.74) is 0.526. The van der Waals surface area contributed by atoms with E-state index in [1.54, 1.807) is 146 Å². The smallest absolute Gasteiger partial charge is 0.338 e. The number of hydrogen-bond donors (Lipinski definition) is 0. The Morgan fingerprint density at radius 1 is 0.298 bits per heavy atom. The molecule has 3 aliphatic rings. The fraction of sp³-hybridized carbons (Fsp3) is 0.222. The number of alkyl halides is 2. The van der Waals surface area contributed by atoms with Crippen molar-refractivity contribution >= 4 is 71.0 Å². The Bertz CT molecular complexity index is 3640. The predicted octanol–water partition coefficient (Wildman–Crippen LogP) is 10.9. The molecule has 0 radical (unpaired) electrons. The fourth-order valence-corrected chi connectivity index (χ4v) is 11.0. The molecule has 0 bridgehead atoms. The standard InChI is InChI=1S/C72H58Cl2O20/c73-72(74)54(87-70-60(93-68(81)50-37-21-7-22-38-50)58(91-66(79)48-33-17-5-18-34-48)56(89-64(77)46-29-13-3-14-30-46)52(85-70)42-83-62(75)44-25-9-1-10-26-44)41-55(72)88-71-61(94-69(82)51-39-23-8-24-40-51)59(92-67(80)49-35-19-6-20-36-49)57(90-65(78)47-31-15-4-16-32-47)53(86-71)43-84-63(76)45-27-11-2-12-28-45/h1-40,52-61,70-71H,41-43H2/t52-,53-,54-,55+,56-,57-,58+,59+,60+,61-,70-,71+/m1/s1. The van der Waals surface area contributed by atoms with Gasteiger partial charge in [-0.15, -0.1) is 0 Å². The highest BCUT2D eigenvalue weighted by molar-refractivity contribution is 6.50. The highest BCUT2D eigenvalue weighted by Gasteiger charge is 2.63. The van der Waals surface area contributed by atoms with E-state index in [1.807, 2.05) is 0 Å². The zero-order valence-corrected chi connectivity index (χ0v) is 51.1. The average molecular weight is 1310 g/mol. The van der Waals surface area contributed by atoms with Gasteiger partial charge in [0.1, 0.15) is 25.4 Å². The molecule has 11 rings (SSSR count). The zero-order chi connectivity index (χ0) is 65.6. The van der Waals surface area contributed by atoms with Crippen LogP contribution in [0.25, 0.3) is 0 Å². The lowest BCUT2D eigenvalue weighted by Crippen LogP contribution is -2.68. The van der Waals surface area contributed by atoms with Gasteiger partial charge < -0.3 is 56.8 Å². The van der Waals surface area contributed by atoms with Gasteiger partial charge in [0, 0.05) is 6.42 Å². The van der Waals surface area contributed by atoms with Gasteiger partial charge in [-0.2, -0.15) is 0 Å². The van der Waals surface area contributed by atoms with Gasteiger partial charge in [-0.05, 0) is 97.1 Å². The molecule has 2 heterocycles. The summed E-state index contributed by atoms with van der Waals surface area (Å²) in [6.45, 7) is -1.38. The third-order valence-corrected chi connectivity index (χ3v) is 16.3. The Labute approximate surface area is 548 Å². The van der Waals surface area contributed by atoms with Gasteiger partial charge in [-0.25, -0.2) is 38.4 Å². The Kier molecular flexibility index (Phi) is 21.3. The molecule has 1 saturated carbocycles. The van der Waals surface area contributed by atoms with Crippen LogP contribution in [0, 0.1) is 0 Å². The molecule has 0 aromatic heterocycles. The Hall–Kier alpha value is -10.1. The normalized spacial score (nSPS) is 23.5. The van der Waals surface area contributed by atoms with Gasteiger partial charge in [0.15, 0.2) is 53.5 Å². The highest BCUT2D eigenvalue weighted by Crippen LogP contribution is 2.50. The van der Waals surface area contributed by atoms with E-state index < -0.39 is 139 Å². The Morgan fingerprint density at radius 3 is 0.723 bits per heavy atom. The predicted molar refractivity (Wildman–Crippen MR) is 333 cm³/mol. The summed E-state index contributed by atoms with van der Waals surface area (Å²) in [7, 11) is 0. The van der Waals surface area contributed by atoms with Gasteiger partial charge in [0.25, 0.3) is 0 Å². The SMILES string of the molecule is O=C(OC[C@H]1O[C@H](O[C@@H]2C[C@H](O[C@@H]3O[C@H](COC(=O)c4ccccc4)[C@@H](OC(=O)c4ccccc4)[C@H](OC(=O)c4ccccc4)[C@H]3OC(=O)c3ccccc3)C2(Cl)Cl)[C@@H](OC(=O)c2ccccc2)[C@@H](OC(=O)c2ccccc2)[C@@H]1OC(=O)c1ccccc1)c1ccccc1. The molecule has 12 atom stereocenters. The largest absolute Gasteiger partial charge is 0.459 e. The molecule has 94 heavy (non-hydrogen) atoms. The molecule has 2 saturated heterocycles. The summed E-state index contributed by atoms with van der Waals surface area (Å²) in [5, 5.41) is 0. The molecular formula is C72H58Cl2O20. The Morgan fingerprint density at radius 2 is 0.500 bits per heavy atom. The molecule has 22 heteroatoms. The summed E-state index contributed by atoms with van der Waals surface area (Å²) < 4.78 is 73.3. The van der Waals surface area contributed by atoms with Gasteiger partial charge in [0.2, 0.25) is 0 Å². The number of hydrogen-bond acceptors (Lipinski definition) is 20. The van der Waals surface area contributed by atoms with E-state index in [1.165, 1.54) is 97.1 Å². The van der Waals surface area contributed by atoms with E-state index in [9.17, 15) is 38.4 Å². The molecule has 3 fully saturated rings. The fourth-order valence-electron chi connectivity index (χ4n) is 10.4. The van der Waals surface area contributed by atoms with Gasteiger partial charge in [-0.1, -0.05) is 169 Å². The second-order valence-corrected chi connectivity index (χ2v) is 23.0. The van der Waals surface area contributed by atoms with Crippen molar-refractivity contribution in [3.63, 3.8) is 0 Å². The number of halogens is 2. The van der Waals surface area contributed by atoms with Crippen molar-refractivity contribution in [1.29, 1.82) is 0 Å². The van der Waals surface area contributed by atoms with Crippen LogP contribution in [0.3, 0.4) is 0 Å². The maximum atomic E-state index is 14.4. The lowest BCUT2D eigenvalue weighted by atomic mass is 9.89. The monoisotopic (exact) mass is 1310 g/mol. The van der Waals surface area contributed by atoms with Crippen molar-refractivity contribution in [2.24, 2.45) is 0 Å². The third kappa shape index (κ3) is 15.9. The minimum atomic E-state index is -2.22. The molecule has 0 unspecified atom stereocenters. The zero-order valence-electron chi connectivity index (χ0n) is 49.6. The van der Waals surface area contributed by atoms with Crippen molar-refractivity contribution in [3.05, 3.63) is 287 Å². The summed E-state index contributed by atoms with van der Waals surface area (Å²) in [4.78, 5) is 113. The first-order chi connectivity index (χ1) is 45.7. The summed E-state index contributed by atoms with van der Waals surface area (Å²) >= 11 is 14.7. The van der Waals surface area contributed by atoms with E-state index in [2.05, 4.69) is 0 Å². The molecule has 8 aromatic rings. The first-order valence-electron chi connectivity index (χ1n) is 29.7. The first-order valence-corrected chi connectivity index (χ1v) is 30.4. The number of ether oxygens (including phenoxy) is 12. The number of carbonyl (C=O) groups is 8. The van der Waals surface area contributed by atoms with Crippen molar-refractivity contribution < 1.29 is 95.2 Å². The van der Waals surface area contributed by atoms with Crippen molar-refractivity contribution in [1.82, 2.24) is 0 Å². The molecule has 0 spiro atoms. The molecule has 480 valence electrons. The second kappa shape index (κ2) is 30.6. The van der Waals surface area contributed by atoms with Crippen LogP contribution >= 0.6 is 23.2 Å². The molecule has 8 aromatic carbocycles. The number of rotatable bonds is 22. The highest BCUT2D eigenvalue weighted by atomic mass is 35.5. The van der Waals surface area contributed by atoms with Crippen LogP contribution in [0.4, 0.5) is 0 Å². The topological polar surface area (TPSA) is 247 Å². The molecule has 0 amide bonds.